The van der Waals surface area contributed by atoms with E-state index in [0.717, 1.165) is 0 Å². The molecule has 0 radical (unpaired) electrons. The minimum Gasteiger partial charge on any atom is -0.459 e. The highest BCUT2D eigenvalue weighted by atomic mass is 32.2. The van der Waals surface area contributed by atoms with E-state index in [2.05, 4.69) is 15.3 Å². The number of carbonyl (C=O) groups is 1. The Labute approximate surface area is 188 Å². The number of halogens is 1. The van der Waals surface area contributed by atoms with Crippen LogP contribution in [0.15, 0.2) is 77.7 Å². The number of carbonyl (C=O) groups excluding carboxylic acids is 1. The molecule has 3 aromatic carbocycles. The maximum absolute atomic E-state index is 13.1. The largest absolute Gasteiger partial charge is 0.459 e. The third-order valence-corrected chi connectivity index (χ3v) is 5.35. The summed E-state index contributed by atoms with van der Waals surface area (Å²) < 4.78 is 46.7. The average molecular weight is 468 g/mol. The van der Waals surface area contributed by atoms with Crippen LogP contribution in [-0.2, 0) is 10.0 Å². The number of anilines is 1. The lowest BCUT2D eigenvalue weighted by atomic mass is 10.2. The number of hydrogen-bond acceptors (Lipinski definition) is 7. The molecule has 11 heteroatoms. The highest BCUT2D eigenvalue weighted by Crippen LogP contribution is 2.32. The normalized spacial score (nSPS) is 11.2. The number of primary sulfonamides is 1. The predicted octanol–water partition coefficient (Wildman–Crippen LogP) is 3.63. The summed E-state index contributed by atoms with van der Waals surface area (Å²) in [6.07, 6.45) is 0. The van der Waals surface area contributed by atoms with Crippen LogP contribution in [-0.4, -0.2) is 31.2 Å². The molecule has 9 nitrogen and oxygen atoms in total. The number of amides is 1. The first-order valence-electron chi connectivity index (χ1n) is 9.52. The fourth-order valence-corrected chi connectivity index (χ4v) is 3.52. The quantitative estimate of drug-likeness (QED) is 0.423. The molecule has 0 atom stereocenters. The first-order chi connectivity index (χ1) is 15.8. The van der Waals surface area contributed by atoms with Gasteiger partial charge in [0.25, 0.3) is 11.8 Å². The number of alkyl halides is 1. The lowest BCUT2D eigenvalue weighted by Crippen LogP contribution is -2.17. The van der Waals surface area contributed by atoms with Crippen molar-refractivity contribution in [1.29, 1.82) is 0 Å². The summed E-state index contributed by atoms with van der Waals surface area (Å²) in [4.78, 5) is 21.6. The van der Waals surface area contributed by atoms with Gasteiger partial charge in [-0.05, 0) is 42.5 Å². The lowest BCUT2D eigenvalue weighted by Gasteiger charge is -2.13. The SMILES string of the molecule is NS(=O)(=O)c1cccc(NC(=O)c2nc3ccccc3nc2Oc2ccccc2OCF)c1. The molecule has 168 valence electrons. The van der Waals surface area contributed by atoms with Gasteiger partial charge in [-0.1, -0.05) is 30.3 Å². The molecule has 0 unspecified atom stereocenters. The minimum atomic E-state index is -3.96. The van der Waals surface area contributed by atoms with Crippen molar-refractivity contribution in [1.82, 2.24) is 9.97 Å². The molecule has 3 N–H and O–H groups in total. The summed E-state index contributed by atoms with van der Waals surface area (Å²) in [5.74, 6) is -0.616. The molecule has 0 fully saturated rings. The van der Waals surface area contributed by atoms with E-state index in [4.69, 9.17) is 14.6 Å². The van der Waals surface area contributed by atoms with Crippen LogP contribution in [0.5, 0.6) is 17.4 Å². The van der Waals surface area contributed by atoms with Crippen molar-refractivity contribution >= 4 is 32.7 Å². The van der Waals surface area contributed by atoms with Gasteiger partial charge in [-0.25, -0.2) is 27.9 Å². The summed E-state index contributed by atoms with van der Waals surface area (Å²) in [5.41, 5.74) is 0.893. The van der Waals surface area contributed by atoms with Crippen molar-refractivity contribution in [3.05, 3.63) is 78.5 Å². The number of nitrogens with one attached hydrogen (secondary N) is 1. The Balaban J connectivity index is 1.74. The third-order valence-electron chi connectivity index (χ3n) is 4.44. The average Bonchev–Trinajstić information content (AvgIpc) is 2.79. The van der Waals surface area contributed by atoms with E-state index in [1.54, 1.807) is 36.4 Å². The van der Waals surface area contributed by atoms with E-state index in [-0.39, 0.29) is 33.7 Å². The van der Waals surface area contributed by atoms with Gasteiger partial charge in [0.1, 0.15) is 0 Å². The molecule has 0 bridgehead atoms. The van der Waals surface area contributed by atoms with E-state index in [0.29, 0.717) is 11.0 Å². The van der Waals surface area contributed by atoms with Crippen molar-refractivity contribution < 1.29 is 27.1 Å². The highest BCUT2D eigenvalue weighted by Gasteiger charge is 2.21. The van der Waals surface area contributed by atoms with Gasteiger partial charge >= 0.3 is 0 Å². The summed E-state index contributed by atoms with van der Waals surface area (Å²) >= 11 is 0. The molecular formula is C22H17FN4O5S. The van der Waals surface area contributed by atoms with Crippen LogP contribution in [0.1, 0.15) is 10.5 Å². The van der Waals surface area contributed by atoms with E-state index in [1.807, 2.05) is 0 Å². The molecular weight excluding hydrogens is 451 g/mol. The number of ether oxygens (including phenoxy) is 2. The number of aromatic nitrogens is 2. The van der Waals surface area contributed by atoms with Crippen molar-refractivity contribution in [2.45, 2.75) is 4.90 Å². The molecule has 4 aromatic rings. The van der Waals surface area contributed by atoms with Gasteiger partial charge < -0.3 is 14.8 Å². The van der Waals surface area contributed by atoms with Crippen LogP contribution >= 0.6 is 0 Å². The molecule has 0 spiro atoms. The molecule has 0 aliphatic rings. The highest BCUT2D eigenvalue weighted by molar-refractivity contribution is 7.89. The number of nitrogens with zero attached hydrogens (tertiary/aromatic N) is 2. The Hall–Kier alpha value is -4.09. The van der Waals surface area contributed by atoms with E-state index >= 15 is 0 Å². The van der Waals surface area contributed by atoms with Crippen molar-refractivity contribution in [3.8, 4) is 17.4 Å². The standard InChI is InChI=1S/C22H17FN4O5S/c23-13-31-18-10-3-4-11-19(18)32-22-20(26-16-8-1-2-9-17(16)27-22)21(28)25-14-6-5-7-15(12-14)33(24,29)30/h1-12H,13H2,(H,25,28)(H2,24,29,30). The van der Waals surface area contributed by atoms with Crippen LogP contribution in [0.25, 0.3) is 11.0 Å². The summed E-state index contributed by atoms with van der Waals surface area (Å²) in [5, 5.41) is 7.73. The molecule has 0 aliphatic heterocycles. The second-order valence-corrected chi connectivity index (χ2v) is 8.26. The minimum absolute atomic E-state index is 0.113. The number of hydrogen-bond donors (Lipinski definition) is 2. The first kappa shape index (κ1) is 22.1. The molecule has 1 aromatic heterocycles. The number of para-hydroxylation sites is 4. The smallest absolute Gasteiger partial charge is 0.279 e. The summed E-state index contributed by atoms with van der Waals surface area (Å²) in [7, 11) is -3.96. The Morgan fingerprint density at radius 1 is 0.939 bits per heavy atom. The first-order valence-corrected chi connectivity index (χ1v) is 11.1. The fourth-order valence-electron chi connectivity index (χ4n) is 2.96. The molecule has 1 heterocycles. The lowest BCUT2D eigenvalue weighted by molar-refractivity contribution is 0.101. The Bertz CT molecular complexity index is 1450. The molecule has 1 amide bonds. The number of fused-ring (bicyclic) bond motifs is 1. The Kier molecular flexibility index (Phi) is 6.16. The van der Waals surface area contributed by atoms with Crippen LogP contribution in [0, 0.1) is 0 Å². The maximum atomic E-state index is 13.1. The van der Waals surface area contributed by atoms with Crippen molar-refractivity contribution in [3.63, 3.8) is 0 Å². The number of sulfonamides is 1. The van der Waals surface area contributed by atoms with Gasteiger partial charge in [0.05, 0.1) is 15.9 Å². The van der Waals surface area contributed by atoms with E-state index < -0.39 is 22.8 Å². The molecule has 0 saturated heterocycles. The summed E-state index contributed by atoms with van der Waals surface area (Å²) in [6, 6.07) is 18.6. The van der Waals surface area contributed by atoms with Gasteiger partial charge in [0.2, 0.25) is 16.9 Å². The molecule has 4 rings (SSSR count). The summed E-state index contributed by atoms with van der Waals surface area (Å²) in [6.45, 7) is -1.07. The Morgan fingerprint density at radius 2 is 1.61 bits per heavy atom. The van der Waals surface area contributed by atoms with Crippen molar-refractivity contribution in [2.24, 2.45) is 5.14 Å². The monoisotopic (exact) mass is 468 g/mol. The molecule has 33 heavy (non-hydrogen) atoms. The zero-order valence-electron chi connectivity index (χ0n) is 16.9. The van der Waals surface area contributed by atoms with Crippen LogP contribution in [0.4, 0.5) is 10.1 Å². The van der Waals surface area contributed by atoms with E-state index in [1.165, 1.54) is 36.4 Å². The van der Waals surface area contributed by atoms with E-state index in [9.17, 15) is 17.6 Å². The number of nitrogens with two attached hydrogens (primary N) is 1. The zero-order valence-corrected chi connectivity index (χ0v) is 17.8. The van der Waals surface area contributed by atoms with Crippen LogP contribution in [0.2, 0.25) is 0 Å². The number of rotatable bonds is 7. The van der Waals surface area contributed by atoms with Crippen molar-refractivity contribution in [2.75, 3.05) is 12.2 Å². The van der Waals surface area contributed by atoms with Crippen LogP contribution in [0.3, 0.4) is 0 Å². The second-order valence-electron chi connectivity index (χ2n) is 6.70. The topological polar surface area (TPSA) is 134 Å². The van der Waals surface area contributed by atoms with Gasteiger partial charge in [0.15, 0.2) is 17.2 Å². The van der Waals surface area contributed by atoms with Gasteiger partial charge in [-0.3, -0.25) is 4.79 Å². The third kappa shape index (κ3) is 5.05. The Morgan fingerprint density at radius 3 is 2.30 bits per heavy atom. The fraction of sp³-hybridized carbons (Fsp3) is 0.0455. The molecule has 0 aliphatic carbocycles. The van der Waals surface area contributed by atoms with Gasteiger partial charge in [-0.15, -0.1) is 0 Å². The maximum Gasteiger partial charge on any atom is 0.279 e. The van der Waals surface area contributed by atoms with Crippen LogP contribution < -0.4 is 19.9 Å². The number of benzene rings is 3. The molecule has 0 saturated carbocycles. The van der Waals surface area contributed by atoms with Gasteiger partial charge in [0, 0.05) is 5.69 Å². The predicted molar refractivity (Wildman–Crippen MR) is 118 cm³/mol. The zero-order chi connectivity index (χ0) is 23.4. The second kappa shape index (κ2) is 9.18. The van der Waals surface area contributed by atoms with Gasteiger partial charge in [-0.2, -0.15) is 0 Å².